The van der Waals surface area contributed by atoms with Crippen molar-refractivity contribution in [1.29, 1.82) is 0 Å². The summed E-state index contributed by atoms with van der Waals surface area (Å²) in [5, 5.41) is 0. The van der Waals surface area contributed by atoms with Gasteiger partial charge in [-0.3, -0.25) is 0 Å². The fourth-order valence-corrected chi connectivity index (χ4v) is 2.47. The van der Waals surface area contributed by atoms with Gasteiger partial charge in [0.05, 0.1) is 5.69 Å². The zero-order chi connectivity index (χ0) is 12.4. The lowest BCUT2D eigenvalue weighted by Crippen LogP contribution is -2.16. The van der Waals surface area contributed by atoms with E-state index in [0.717, 1.165) is 49.9 Å². The molecule has 4 nitrogen and oxygen atoms in total. The second-order valence-electron chi connectivity index (χ2n) is 5.32. The van der Waals surface area contributed by atoms with Gasteiger partial charge in [0.25, 0.3) is 0 Å². The Morgan fingerprint density at radius 2 is 2.06 bits per heavy atom. The minimum atomic E-state index is 0.482. The molecule has 1 aromatic heterocycles. The Morgan fingerprint density at radius 1 is 1.41 bits per heavy atom. The molecule has 17 heavy (non-hydrogen) atoms. The van der Waals surface area contributed by atoms with Gasteiger partial charge in [0.15, 0.2) is 0 Å². The van der Waals surface area contributed by atoms with Crippen LogP contribution in [-0.2, 0) is 11.3 Å². The Labute approximate surface area is 103 Å². The van der Waals surface area contributed by atoms with E-state index >= 15 is 0 Å². The molecule has 1 fully saturated rings. The van der Waals surface area contributed by atoms with Gasteiger partial charge in [-0.15, -0.1) is 0 Å². The lowest BCUT2D eigenvalue weighted by Gasteiger charge is -2.21. The van der Waals surface area contributed by atoms with Crippen molar-refractivity contribution in [2.24, 2.45) is 5.92 Å². The molecule has 0 spiro atoms. The van der Waals surface area contributed by atoms with E-state index in [4.69, 9.17) is 10.5 Å². The largest absolute Gasteiger partial charge is 0.384 e. The van der Waals surface area contributed by atoms with Crippen LogP contribution in [-0.4, -0.2) is 22.8 Å². The van der Waals surface area contributed by atoms with Crippen LogP contribution >= 0.6 is 0 Å². The number of hydrogen-bond donors (Lipinski definition) is 1. The first-order chi connectivity index (χ1) is 8.09. The summed E-state index contributed by atoms with van der Waals surface area (Å²) < 4.78 is 7.54. The van der Waals surface area contributed by atoms with Crippen molar-refractivity contribution in [2.45, 2.75) is 46.1 Å². The lowest BCUT2D eigenvalue weighted by atomic mass is 9.96. The number of nitrogens with zero attached hydrogens (tertiary/aromatic N) is 2. The van der Waals surface area contributed by atoms with Crippen molar-refractivity contribution < 1.29 is 4.74 Å². The predicted molar refractivity (Wildman–Crippen MR) is 69.0 cm³/mol. The molecule has 0 amide bonds. The molecule has 0 unspecified atom stereocenters. The van der Waals surface area contributed by atoms with E-state index in [2.05, 4.69) is 23.4 Å². The highest BCUT2D eigenvalue weighted by molar-refractivity contribution is 5.40. The Morgan fingerprint density at radius 3 is 2.65 bits per heavy atom. The minimum Gasteiger partial charge on any atom is -0.384 e. The summed E-state index contributed by atoms with van der Waals surface area (Å²) in [5.74, 6) is 2.98. The zero-order valence-corrected chi connectivity index (χ0v) is 11.1. The van der Waals surface area contributed by atoms with Gasteiger partial charge < -0.3 is 15.0 Å². The number of aromatic nitrogens is 2. The quantitative estimate of drug-likeness (QED) is 0.877. The molecule has 1 aliphatic rings. The van der Waals surface area contributed by atoms with Crippen LogP contribution in [0.25, 0.3) is 0 Å². The summed E-state index contributed by atoms with van der Waals surface area (Å²) in [7, 11) is 0. The number of anilines is 1. The summed E-state index contributed by atoms with van der Waals surface area (Å²) in [5.41, 5.74) is 7.33. The molecule has 0 bridgehead atoms. The normalized spacial score (nSPS) is 17.9. The first-order valence-electron chi connectivity index (χ1n) is 6.49. The second kappa shape index (κ2) is 5.08. The molecule has 2 N–H and O–H groups in total. The summed E-state index contributed by atoms with van der Waals surface area (Å²) in [6.07, 6.45) is 2.09. The topological polar surface area (TPSA) is 53.1 Å². The zero-order valence-electron chi connectivity index (χ0n) is 11.1. The molecule has 0 aromatic carbocycles. The van der Waals surface area contributed by atoms with Crippen LogP contribution in [0.5, 0.6) is 0 Å². The van der Waals surface area contributed by atoms with Crippen LogP contribution in [0.2, 0.25) is 0 Å². The van der Waals surface area contributed by atoms with Gasteiger partial charge in [0.2, 0.25) is 0 Å². The maximum atomic E-state index is 6.24. The van der Waals surface area contributed by atoms with Crippen molar-refractivity contribution >= 4 is 5.82 Å². The lowest BCUT2D eigenvalue weighted by molar-refractivity contribution is 0.0847. The number of nitrogen functional groups attached to an aromatic ring is 1. The van der Waals surface area contributed by atoms with E-state index in [0.29, 0.717) is 11.8 Å². The van der Waals surface area contributed by atoms with E-state index < -0.39 is 0 Å². The van der Waals surface area contributed by atoms with Gasteiger partial charge in [-0.1, -0.05) is 13.8 Å². The highest BCUT2D eigenvalue weighted by Gasteiger charge is 2.23. The molecule has 0 radical (unpaired) electrons. The third-order valence-electron chi connectivity index (χ3n) is 3.38. The van der Waals surface area contributed by atoms with Crippen LogP contribution in [0.3, 0.4) is 0 Å². The molecule has 2 heterocycles. The van der Waals surface area contributed by atoms with Crippen LogP contribution in [0.1, 0.15) is 44.1 Å². The molecule has 0 saturated carbocycles. The van der Waals surface area contributed by atoms with Gasteiger partial charge >= 0.3 is 0 Å². The molecule has 2 rings (SSSR count). The molecular weight excluding hydrogens is 214 g/mol. The third-order valence-corrected chi connectivity index (χ3v) is 3.38. The van der Waals surface area contributed by atoms with E-state index in [9.17, 15) is 0 Å². The highest BCUT2D eigenvalue weighted by atomic mass is 16.5. The Hall–Kier alpha value is -1.03. The van der Waals surface area contributed by atoms with E-state index in [-0.39, 0.29) is 0 Å². The number of hydrogen-bond acceptors (Lipinski definition) is 3. The van der Waals surface area contributed by atoms with Crippen molar-refractivity contribution in [1.82, 2.24) is 9.55 Å². The maximum absolute atomic E-state index is 6.24. The van der Waals surface area contributed by atoms with Gasteiger partial charge in [0, 0.05) is 25.7 Å². The van der Waals surface area contributed by atoms with Crippen molar-refractivity contribution in [2.75, 3.05) is 18.9 Å². The smallest absolute Gasteiger partial charge is 0.127 e. The van der Waals surface area contributed by atoms with Gasteiger partial charge in [-0.25, -0.2) is 4.98 Å². The molecule has 1 aliphatic heterocycles. The van der Waals surface area contributed by atoms with Crippen molar-refractivity contribution in [3.63, 3.8) is 0 Å². The van der Waals surface area contributed by atoms with Crippen LogP contribution in [0.4, 0.5) is 5.82 Å². The predicted octanol–water partition coefficient (Wildman–Crippen LogP) is 2.32. The molecule has 0 atom stereocenters. The molecule has 0 aliphatic carbocycles. The molecule has 4 heteroatoms. The number of rotatable bonds is 3. The second-order valence-corrected chi connectivity index (χ2v) is 5.32. The summed E-state index contributed by atoms with van der Waals surface area (Å²) in [4.78, 5) is 4.67. The number of aryl methyl sites for hydroxylation is 1. The third kappa shape index (κ3) is 2.63. The average molecular weight is 237 g/mol. The van der Waals surface area contributed by atoms with E-state index in [1.807, 2.05) is 6.92 Å². The SMILES string of the molecule is Cc1nc(C2CCOCC2)c(N)n1CC(C)C. The Balaban J connectivity index is 2.23. The number of ether oxygens (including phenoxy) is 1. The summed E-state index contributed by atoms with van der Waals surface area (Å²) in [6, 6.07) is 0. The molecular formula is C13H23N3O. The van der Waals surface area contributed by atoms with Gasteiger partial charge in [0.1, 0.15) is 11.6 Å². The van der Waals surface area contributed by atoms with Gasteiger partial charge in [-0.2, -0.15) is 0 Å². The monoisotopic (exact) mass is 237 g/mol. The number of imidazole rings is 1. The van der Waals surface area contributed by atoms with Crippen molar-refractivity contribution in [3.8, 4) is 0 Å². The minimum absolute atomic E-state index is 0.482. The summed E-state index contributed by atoms with van der Waals surface area (Å²) in [6.45, 7) is 9.07. The van der Waals surface area contributed by atoms with Crippen LogP contribution < -0.4 is 5.73 Å². The molecule has 1 aromatic rings. The Bertz CT molecular complexity index is 378. The van der Waals surface area contributed by atoms with E-state index in [1.54, 1.807) is 0 Å². The van der Waals surface area contributed by atoms with Crippen LogP contribution in [0.15, 0.2) is 0 Å². The molecule has 1 saturated heterocycles. The fourth-order valence-electron chi connectivity index (χ4n) is 2.47. The highest BCUT2D eigenvalue weighted by Crippen LogP contribution is 2.31. The summed E-state index contributed by atoms with van der Waals surface area (Å²) >= 11 is 0. The first kappa shape index (κ1) is 12.4. The standard InChI is InChI=1S/C13H23N3O/c1-9(2)8-16-10(3)15-12(13(16)14)11-4-6-17-7-5-11/h9,11H,4-8,14H2,1-3H3. The molecule has 96 valence electrons. The Kier molecular flexibility index (Phi) is 3.72. The number of nitrogens with two attached hydrogens (primary N) is 1. The maximum Gasteiger partial charge on any atom is 0.127 e. The fraction of sp³-hybridized carbons (Fsp3) is 0.769. The average Bonchev–Trinajstić information content (AvgIpc) is 2.58. The van der Waals surface area contributed by atoms with Crippen LogP contribution in [0, 0.1) is 12.8 Å². The first-order valence-corrected chi connectivity index (χ1v) is 6.49. The van der Waals surface area contributed by atoms with Crippen molar-refractivity contribution in [3.05, 3.63) is 11.5 Å². The van der Waals surface area contributed by atoms with Gasteiger partial charge in [-0.05, 0) is 25.7 Å². The van der Waals surface area contributed by atoms with E-state index in [1.165, 1.54) is 0 Å².